The molecule has 0 spiro atoms. The maximum Gasteiger partial charge on any atom is 0.322 e. The molecule has 3 heterocycles. The molecule has 4 rings (SSSR count). The Bertz CT molecular complexity index is 1060. The van der Waals surface area contributed by atoms with E-state index in [1.165, 1.54) is 23.3 Å². The number of urea groups is 1. The number of carbonyl (C=O) groups is 2. The number of anilines is 1. The van der Waals surface area contributed by atoms with Crippen LogP contribution in [0.3, 0.4) is 0 Å². The van der Waals surface area contributed by atoms with Crippen molar-refractivity contribution in [1.29, 1.82) is 0 Å². The van der Waals surface area contributed by atoms with Crippen molar-refractivity contribution in [1.82, 2.24) is 24.6 Å². The van der Waals surface area contributed by atoms with Gasteiger partial charge < -0.3 is 15.1 Å². The molecule has 1 aromatic carbocycles. The number of halogens is 2. The molecule has 9 nitrogen and oxygen atoms in total. The number of nitrogens with zero attached hydrogens (tertiary/aromatic N) is 5. The monoisotopic (exact) mass is 508 g/mol. The number of rotatable bonds is 3. The number of amides is 3. The quantitative estimate of drug-likeness (QED) is 0.689. The van der Waals surface area contributed by atoms with Crippen LogP contribution in [0, 0.1) is 5.82 Å². The summed E-state index contributed by atoms with van der Waals surface area (Å²) in [5, 5.41) is 8.78. The third-order valence-electron chi connectivity index (χ3n) is 5.66. The van der Waals surface area contributed by atoms with Crippen molar-refractivity contribution in [3.63, 3.8) is 0 Å². The number of nitrogens with one attached hydrogen (secondary N) is 1. The summed E-state index contributed by atoms with van der Waals surface area (Å²) in [5.41, 5.74) is 2.50. The zero-order valence-electron chi connectivity index (χ0n) is 18.4. The summed E-state index contributed by atoms with van der Waals surface area (Å²) in [4.78, 5) is 35.6. The van der Waals surface area contributed by atoms with Crippen LogP contribution in [0.15, 0.2) is 22.7 Å². The van der Waals surface area contributed by atoms with Crippen LogP contribution >= 0.6 is 15.9 Å². The molecule has 0 radical (unpaired) electrons. The Morgan fingerprint density at radius 3 is 2.84 bits per heavy atom. The molecule has 2 aliphatic heterocycles. The molecule has 0 unspecified atom stereocenters. The molecule has 0 aliphatic carbocycles. The molecule has 0 bridgehead atoms. The third kappa shape index (κ3) is 4.37. The van der Waals surface area contributed by atoms with Crippen LogP contribution in [0.5, 0.6) is 0 Å². The van der Waals surface area contributed by atoms with Gasteiger partial charge in [0, 0.05) is 37.3 Å². The Labute approximate surface area is 194 Å². The summed E-state index contributed by atoms with van der Waals surface area (Å²) < 4.78 is 15.5. The summed E-state index contributed by atoms with van der Waals surface area (Å²) in [5.74, 6) is -0.684. The second-order valence-electron chi connectivity index (χ2n) is 8.49. The van der Waals surface area contributed by atoms with Crippen molar-refractivity contribution in [2.75, 3.05) is 33.0 Å². The highest BCUT2D eigenvalue weighted by molar-refractivity contribution is 9.10. The average Bonchev–Trinajstić information content (AvgIpc) is 2.99. The first-order chi connectivity index (χ1) is 15.1. The van der Waals surface area contributed by atoms with Gasteiger partial charge in [0.15, 0.2) is 0 Å². The van der Waals surface area contributed by atoms with Crippen molar-refractivity contribution in [3.05, 3.63) is 45.4 Å². The second-order valence-corrected chi connectivity index (χ2v) is 9.34. The summed E-state index contributed by atoms with van der Waals surface area (Å²) in [6, 6.07) is 3.86. The van der Waals surface area contributed by atoms with E-state index < -0.39 is 5.82 Å². The number of aromatic nitrogens is 2. The van der Waals surface area contributed by atoms with E-state index in [0.29, 0.717) is 30.9 Å². The van der Waals surface area contributed by atoms with Gasteiger partial charge in [0.25, 0.3) is 5.91 Å². The molecular formula is C21H26BrFN6O3. The summed E-state index contributed by atoms with van der Waals surface area (Å²) in [6.07, 6.45) is 0.307. The fraction of sp³-hybridized carbons (Fsp3) is 0.476. The first-order valence-corrected chi connectivity index (χ1v) is 11.1. The van der Waals surface area contributed by atoms with Gasteiger partial charge in [0.2, 0.25) is 0 Å². The van der Waals surface area contributed by atoms with Gasteiger partial charge in [-0.3, -0.25) is 14.3 Å². The maximum absolute atomic E-state index is 13.5. The molecule has 2 atom stereocenters. The minimum absolute atomic E-state index is 0.118. The number of likely N-dealkylation sites (N-methyl/N-ethyl adjacent to an activating group) is 1. The van der Waals surface area contributed by atoms with Gasteiger partial charge in [-0.1, -0.05) is 0 Å². The van der Waals surface area contributed by atoms with E-state index in [4.69, 9.17) is 9.94 Å². The van der Waals surface area contributed by atoms with Gasteiger partial charge in [0.05, 0.1) is 23.3 Å². The normalized spacial score (nSPS) is 20.8. The lowest BCUT2D eigenvalue weighted by atomic mass is 9.99. The summed E-state index contributed by atoms with van der Waals surface area (Å²) in [6.45, 7) is 3.28. The number of hydrogen-bond acceptors (Lipinski definition) is 5. The number of hydroxylamine groups is 2. The highest BCUT2D eigenvalue weighted by atomic mass is 79.9. The fourth-order valence-corrected chi connectivity index (χ4v) is 4.53. The predicted octanol–water partition coefficient (Wildman–Crippen LogP) is 2.71. The first-order valence-electron chi connectivity index (χ1n) is 10.3. The smallest absolute Gasteiger partial charge is 0.317 e. The third-order valence-corrected chi connectivity index (χ3v) is 6.26. The van der Waals surface area contributed by atoms with Crippen molar-refractivity contribution in [2.24, 2.45) is 0 Å². The average molecular weight is 509 g/mol. The van der Waals surface area contributed by atoms with Gasteiger partial charge in [-0.25, -0.2) is 14.2 Å². The molecular weight excluding hydrogens is 483 g/mol. The van der Waals surface area contributed by atoms with E-state index in [9.17, 15) is 14.0 Å². The highest BCUT2D eigenvalue weighted by Gasteiger charge is 2.37. The molecule has 0 saturated heterocycles. The Kier molecular flexibility index (Phi) is 6.24. The van der Waals surface area contributed by atoms with Gasteiger partial charge in [-0.05, 0) is 55.1 Å². The van der Waals surface area contributed by atoms with E-state index in [2.05, 4.69) is 21.2 Å². The predicted molar refractivity (Wildman–Crippen MR) is 120 cm³/mol. The van der Waals surface area contributed by atoms with Gasteiger partial charge >= 0.3 is 6.03 Å². The fourth-order valence-electron chi connectivity index (χ4n) is 4.15. The topological polar surface area (TPSA) is 82.9 Å². The first kappa shape index (κ1) is 22.7. The summed E-state index contributed by atoms with van der Waals surface area (Å²) in [7, 11) is 5.49. The Morgan fingerprint density at radius 2 is 2.16 bits per heavy atom. The minimum atomic E-state index is -0.404. The molecule has 11 heteroatoms. The molecule has 2 aromatic rings. The molecule has 0 saturated carbocycles. The maximum atomic E-state index is 13.5. The lowest BCUT2D eigenvalue weighted by molar-refractivity contribution is -0.152. The number of carbonyl (C=O) groups excluding carboxylic acids is 2. The van der Waals surface area contributed by atoms with Crippen LogP contribution < -0.4 is 5.32 Å². The Morgan fingerprint density at radius 1 is 1.41 bits per heavy atom. The van der Waals surface area contributed by atoms with E-state index in [1.54, 1.807) is 16.6 Å². The van der Waals surface area contributed by atoms with Gasteiger partial charge in [-0.2, -0.15) is 5.10 Å². The molecule has 2 aliphatic rings. The Hall–Kier alpha value is -2.50. The molecule has 0 fully saturated rings. The van der Waals surface area contributed by atoms with E-state index in [-0.39, 0.29) is 35.1 Å². The largest absolute Gasteiger partial charge is 0.322 e. The lowest BCUT2D eigenvalue weighted by Gasteiger charge is -2.33. The standard InChI is InChI=1S/C21H26BrFN6O3/c1-12-7-18-15(11-28(12)21(31)24-13-5-6-17(23)16(22)8-13)19-20(30)27(4)32-14(9-26(2)3)10-29(19)25-18/h5-6,8,12,14H,7,9-11H2,1-4H3,(H,24,31)/t12-,14-/m1/s1. The highest BCUT2D eigenvalue weighted by Crippen LogP contribution is 2.29. The van der Waals surface area contributed by atoms with Crippen LogP contribution in [-0.4, -0.2) is 76.4 Å². The van der Waals surface area contributed by atoms with Gasteiger partial charge in [-0.15, -0.1) is 0 Å². The van der Waals surface area contributed by atoms with Gasteiger partial charge in [0.1, 0.15) is 17.6 Å². The van der Waals surface area contributed by atoms with Crippen molar-refractivity contribution >= 4 is 33.6 Å². The lowest BCUT2D eigenvalue weighted by Crippen LogP contribution is -2.45. The van der Waals surface area contributed by atoms with Crippen molar-refractivity contribution in [2.45, 2.75) is 38.6 Å². The minimum Gasteiger partial charge on any atom is -0.317 e. The number of benzene rings is 1. The molecule has 172 valence electrons. The SMILES string of the molecule is C[C@@H]1Cc2nn3c(c2CN1C(=O)Nc1ccc(F)c(Br)c1)C(=O)N(C)O[C@H](CN(C)C)C3. The molecule has 3 amide bonds. The molecule has 1 N–H and O–H groups in total. The van der Waals surface area contributed by atoms with E-state index in [0.717, 1.165) is 11.3 Å². The van der Waals surface area contributed by atoms with Crippen molar-refractivity contribution in [3.8, 4) is 0 Å². The van der Waals surface area contributed by atoms with Crippen LogP contribution in [0.1, 0.15) is 28.7 Å². The van der Waals surface area contributed by atoms with E-state index >= 15 is 0 Å². The Balaban J connectivity index is 1.60. The van der Waals surface area contributed by atoms with Crippen LogP contribution in [0.2, 0.25) is 0 Å². The van der Waals surface area contributed by atoms with Crippen molar-refractivity contribution < 1.29 is 18.8 Å². The van der Waals surface area contributed by atoms with Crippen LogP contribution in [0.4, 0.5) is 14.9 Å². The zero-order chi connectivity index (χ0) is 23.2. The summed E-state index contributed by atoms with van der Waals surface area (Å²) >= 11 is 3.13. The van der Waals surface area contributed by atoms with E-state index in [1.807, 2.05) is 25.9 Å². The molecule has 32 heavy (non-hydrogen) atoms. The second kappa shape index (κ2) is 8.80. The van der Waals surface area contributed by atoms with Crippen LogP contribution in [-0.2, 0) is 24.3 Å². The number of fused-ring (bicyclic) bond motifs is 3. The number of hydrogen-bond donors (Lipinski definition) is 1. The molecule has 1 aromatic heterocycles. The van der Waals surface area contributed by atoms with Crippen LogP contribution in [0.25, 0.3) is 0 Å². The zero-order valence-corrected chi connectivity index (χ0v) is 20.0.